The summed E-state index contributed by atoms with van der Waals surface area (Å²) in [5.41, 5.74) is 0.800. The molecule has 0 aliphatic carbocycles. The van der Waals surface area contributed by atoms with Crippen molar-refractivity contribution in [2.75, 3.05) is 5.32 Å². The number of hydrogen-bond acceptors (Lipinski definition) is 3. The maximum Gasteiger partial charge on any atom is 0.273 e. The number of aromatic nitrogens is 2. The number of carbonyl (C=O) groups is 1. The van der Waals surface area contributed by atoms with Crippen LogP contribution in [0.2, 0.25) is 5.02 Å². The van der Waals surface area contributed by atoms with Crippen LogP contribution in [-0.4, -0.2) is 15.7 Å². The fourth-order valence-electron chi connectivity index (χ4n) is 2.55. The van der Waals surface area contributed by atoms with Crippen molar-refractivity contribution in [3.05, 3.63) is 73.8 Å². The van der Waals surface area contributed by atoms with E-state index in [0.717, 1.165) is 10.2 Å². The third-order valence-corrected chi connectivity index (χ3v) is 4.16. The Hall–Kier alpha value is -2.86. The minimum atomic E-state index is -0.364. The van der Waals surface area contributed by atoms with Gasteiger partial charge in [0.15, 0.2) is 0 Å². The summed E-state index contributed by atoms with van der Waals surface area (Å²) in [4.78, 5) is 36.5. The molecule has 0 bridgehead atoms. The van der Waals surface area contributed by atoms with Gasteiger partial charge >= 0.3 is 0 Å². The number of aromatic amines is 1. The molecule has 0 spiro atoms. The van der Waals surface area contributed by atoms with Gasteiger partial charge in [-0.15, -0.1) is 0 Å². The lowest BCUT2D eigenvalue weighted by atomic mass is 10.2. The summed E-state index contributed by atoms with van der Waals surface area (Å²) in [6.45, 7) is 1.97. The monoisotopic (exact) mass is 357 g/mol. The number of rotatable bonds is 4. The third kappa shape index (κ3) is 3.64. The number of hydrogen-bond donors (Lipinski definition) is 2. The number of aryl methyl sites for hydroxylation is 2. The molecule has 0 radical (unpaired) electrons. The molecular weight excluding hydrogens is 342 g/mol. The first-order chi connectivity index (χ1) is 12.0. The van der Waals surface area contributed by atoms with Crippen LogP contribution in [0, 0.1) is 6.92 Å². The lowest BCUT2D eigenvalue weighted by Crippen LogP contribution is -2.31. The Bertz CT molecular complexity index is 1070. The molecule has 3 rings (SSSR count). The Morgan fingerprint density at radius 3 is 2.60 bits per heavy atom. The second-order valence-electron chi connectivity index (χ2n) is 5.72. The maximum atomic E-state index is 12.4. The molecule has 7 heteroatoms. The largest absolute Gasteiger partial charge is 0.325 e. The number of amides is 1. The first-order valence-electron chi connectivity index (χ1n) is 7.73. The Balaban J connectivity index is 1.76. The van der Waals surface area contributed by atoms with Gasteiger partial charge in [-0.05, 0) is 36.8 Å². The highest BCUT2D eigenvalue weighted by molar-refractivity contribution is 6.33. The van der Waals surface area contributed by atoms with E-state index in [9.17, 15) is 14.4 Å². The van der Waals surface area contributed by atoms with Crippen LogP contribution in [0.3, 0.4) is 0 Å². The number of fused-ring (bicyclic) bond motifs is 1. The maximum absolute atomic E-state index is 12.4. The lowest BCUT2D eigenvalue weighted by Gasteiger charge is -2.09. The van der Waals surface area contributed by atoms with E-state index in [2.05, 4.69) is 10.4 Å². The first kappa shape index (κ1) is 17.0. The molecule has 0 saturated carbocycles. The molecule has 25 heavy (non-hydrogen) atoms. The number of anilines is 1. The summed E-state index contributed by atoms with van der Waals surface area (Å²) >= 11 is 6.08. The molecule has 1 aromatic heterocycles. The molecule has 2 aromatic carbocycles. The zero-order valence-electron chi connectivity index (χ0n) is 13.5. The van der Waals surface area contributed by atoms with Crippen LogP contribution in [-0.2, 0) is 11.3 Å². The van der Waals surface area contributed by atoms with Crippen LogP contribution >= 0.6 is 11.6 Å². The smallest absolute Gasteiger partial charge is 0.273 e. The van der Waals surface area contributed by atoms with Crippen LogP contribution in [0.1, 0.15) is 12.0 Å². The van der Waals surface area contributed by atoms with Gasteiger partial charge in [0.25, 0.3) is 11.1 Å². The molecule has 1 heterocycles. The fourth-order valence-corrected chi connectivity index (χ4v) is 2.83. The average molecular weight is 358 g/mol. The van der Waals surface area contributed by atoms with Crippen molar-refractivity contribution in [2.24, 2.45) is 0 Å². The quantitative estimate of drug-likeness (QED) is 0.753. The molecule has 1 amide bonds. The zero-order valence-corrected chi connectivity index (χ0v) is 14.3. The van der Waals surface area contributed by atoms with Gasteiger partial charge in [0.2, 0.25) is 5.91 Å². The van der Waals surface area contributed by atoms with Gasteiger partial charge in [0.1, 0.15) is 0 Å². The van der Waals surface area contributed by atoms with Gasteiger partial charge in [-0.3, -0.25) is 19.5 Å². The summed E-state index contributed by atoms with van der Waals surface area (Å²) in [5, 5.41) is 6.31. The van der Waals surface area contributed by atoms with Crippen LogP contribution in [0.4, 0.5) is 5.69 Å². The zero-order chi connectivity index (χ0) is 18.0. The molecule has 0 saturated heterocycles. The first-order valence-corrected chi connectivity index (χ1v) is 8.11. The Morgan fingerprint density at radius 1 is 1.16 bits per heavy atom. The van der Waals surface area contributed by atoms with E-state index in [1.54, 1.807) is 36.4 Å². The van der Waals surface area contributed by atoms with Crippen molar-refractivity contribution in [1.29, 1.82) is 0 Å². The van der Waals surface area contributed by atoms with Crippen molar-refractivity contribution in [2.45, 2.75) is 19.9 Å². The molecule has 6 nitrogen and oxygen atoms in total. The molecule has 2 N–H and O–H groups in total. The molecule has 0 atom stereocenters. The minimum absolute atomic E-state index is 0.0262. The topological polar surface area (TPSA) is 84.0 Å². The van der Waals surface area contributed by atoms with Crippen molar-refractivity contribution in [1.82, 2.24) is 9.78 Å². The van der Waals surface area contributed by atoms with Gasteiger partial charge in [-0.25, -0.2) is 4.68 Å². The summed E-state index contributed by atoms with van der Waals surface area (Å²) in [6, 6.07) is 11.9. The van der Waals surface area contributed by atoms with Crippen LogP contribution in [0.25, 0.3) is 10.8 Å². The van der Waals surface area contributed by atoms with Crippen molar-refractivity contribution < 1.29 is 4.79 Å². The van der Waals surface area contributed by atoms with Gasteiger partial charge in [0, 0.05) is 6.42 Å². The van der Waals surface area contributed by atoms with Crippen molar-refractivity contribution in [3.63, 3.8) is 0 Å². The molecule has 3 aromatic rings. The SMILES string of the molecule is Cc1ccc(NC(=O)CCn2[nH]c(=O)c3ccccc3c2=O)c(Cl)c1. The van der Waals surface area contributed by atoms with E-state index >= 15 is 0 Å². The number of carbonyl (C=O) groups excluding carboxylic acids is 1. The van der Waals surface area contributed by atoms with Gasteiger partial charge in [0.05, 0.1) is 28.0 Å². The van der Waals surface area contributed by atoms with Crippen LogP contribution in [0.5, 0.6) is 0 Å². The minimum Gasteiger partial charge on any atom is -0.325 e. The number of nitrogens with zero attached hydrogens (tertiary/aromatic N) is 1. The highest BCUT2D eigenvalue weighted by Crippen LogP contribution is 2.22. The van der Waals surface area contributed by atoms with Crippen molar-refractivity contribution >= 4 is 34.0 Å². The van der Waals surface area contributed by atoms with Gasteiger partial charge < -0.3 is 5.32 Å². The number of halogens is 1. The second-order valence-corrected chi connectivity index (χ2v) is 6.13. The second kappa shape index (κ2) is 6.94. The molecule has 0 aliphatic heterocycles. The summed E-state index contributed by atoms with van der Waals surface area (Å²) < 4.78 is 1.15. The van der Waals surface area contributed by atoms with E-state index in [4.69, 9.17) is 11.6 Å². The standard InChI is InChI=1S/C18H16ClN3O3/c1-11-6-7-15(14(19)10-11)20-16(23)8-9-22-18(25)13-5-3-2-4-12(13)17(24)21-22/h2-7,10H,8-9H2,1H3,(H,20,23)(H,21,24). The summed E-state index contributed by atoms with van der Waals surface area (Å²) in [5.74, 6) is -0.299. The van der Waals surface area contributed by atoms with E-state index in [1.807, 2.05) is 13.0 Å². The molecule has 0 unspecified atom stereocenters. The highest BCUT2D eigenvalue weighted by atomic mass is 35.5. The van der Waals surface area contributed by atoms with Crippen LogP contribution in [0.15, 0.2) is 52.1 Å². The van der Waals surface area contributed by atoms with Gasteiger partial charge in [-0.1, -0.05) is 29.8 Å². The van der Waals surface area contributed by atoms with E-state index in [-0.39, 0.29) is 30.0 Å². The average Bonchev–Trinajstić information content (AvgIpc) is 2.59. The van der Waals surface area contributed by atoms with Gasteiger partial charge in [-0.2, -0.15) is 0 Å². The van der Waals surface area contributed by atoms with E-state index < -0.39 is 0 Å². The highest BCUT2D eigenvalue weighted by Gasteiger charge is 2.10. The fraction of sp³-hybridized carbons (Fsp3) is 0.167. The Labute approximate surface area is 148 Å². The Kier molecular flexibility index (Phi) is 4.72. The molecule has 0 aliphatic rings. The summed E-state index contributed by atoms with van der Waals surface area (Å²) in [7, 11) is 0. The normalized spacial score (nSPS) is 10.8. The molecule has 128 valence electrons. The number of H-pyrrole nitrogens is 1. The number of benzene rings is 2. The summed E-state index contributed by atoms with van der Waals surface area (Å²) in [6.07, 6.45) is 0.0262. The van der Waals surface area contributed by atoms with Crippen LogP contribution < -0.4 is 16.4 Å². The lowest BCUT2D eigenvalue weighted by molar-refractivity contribution is -0.116. The Morgan fingerprint density at radius 2 is 1.88 bits per heavy atom. The van der Waals surface area contributed by atoms with Crippen molar-refractivity contribution in [3.8, 4) is 0 Å². The predicted octanol–water partition coefficient (Wildman–Crippen LogP) is 2.68. The molecule has 0 fully saturated rings. The van der Waals surface area contributed by atoms with E-state index in [1.165, 1.54) is 0 Å². The molecular formula is C18H16ClN3O3. The van der Waals surface area contributed by atoms with E-state index in [0.29, 0.717) is 21.5 Å². The predicted molar refractivity (Wildman–Crippen MR) is 98.3 cm³/mol. The third-order valence-electron chi connectivity index (χ3n) is 3.84. The number of nitrogens with one attached hydrogen (secondary N) is 2.